The topological polar surface area (TPSA) is 69.7 Å². The van der Waals surface area contributed by atoms with E-state index in [0.29, 0.717) is 5.95 Å². The molecule has 0 saturated carbocycles. The summed E-state index contributed by atoms with van der Waals surface area (Å²) in [6.45, 7) is 13.6. The third-order valence-electron chi connectivity index (χ3n) is 5.88. The van der Waals surface area contributed by atoms with Crippen LogP contribution < -0.4 is 15.1 Å². The zero-order chi connectivity index (χ0) is 20.1. The largest absolute Gasteiger partial charge is 0.379 e. The summed E-state index contributed by atoms with van der Waals surface area (Å²) in [4.78, 5) is 11.8. The van der Waals surface area contributed by atoms with Gasteiger partial charge in [0.1, 0.15) is 0 Å². The fourth-order valence-corrected chi connectivity index (χ4v) is 3.93. The molecule has 0 amide bonds. The molecule has 29 heavy (non-hydrogen) atoms. The van der Waals surface area contributed by atoms with Crippen LogP contribution in [0.3, 0.4) is 0 Å². The molecule has 3 heterocycles. The Morgan fingerprint density at radius 3 is 2.55 bits per heavy atom. The third-order valence-corrected chi connectivity index (χ3v) is 5.88. The highest BCUT2D eigenvalue weighted by Crippen LogP contribution is 2.24. The fourth-order valence-electron chi connectivity index (χ4n) is 3.93. The van der Waals surface area contributed by atoms with Crippen LogP contribution in [0, 0.1) is 13.8 Å². The van der Waals surface area contributed by atoms with E-state index in [1.165, 1.54) is 16.8 Å². The van der Waals surface area contributed by atoms with Crippen molar-refractivity contribution in [3.8, 4) is 0 Å². The van der Waals surface area contributed by atoms with Gasteiger partial charge in [0.25, 0.3) is 0 Å². The summed E-state index contributed by atoms with van der Waals surface area (Å²) < 4.78 is 5.39. The fraction of sp³-hybridized carbons (Fsp3) is 0.571. The lowest BCUT2D eigenvalue weighted by molar-refractivity contribution is 0.0398. The second-order valence-corrected chi connectivity index (χ2v) is 7.71. The van der Waals surface area contributed by atoms with Crippen molar-refractivity contribution in [2.75, 3.05) is 80.7 Å². The molecular weight excluding hydrogens is 366 g/mol. The van der Waals surface area contributed by atoms with Crippen molar-refractivity contribution >= 4 is 17.5 Å². The molecule has 2 aliphatic rings. The molecule has 0 bridgehead atoms. The second-order valence-electron chi connectivity index (χ2n) is 7.71. The minimum atomic E-state index is 0.604. The molecule has 1 N–H and O–H groups in total. The first-order valence-electron chi connectivity index (χ1n) is 10.5. The van der Waals surface area contributed by atoms with Crippen LogP contribution in [-0.4, -0.2) is 85.7 Å². The number of ether oxygens (including phenoxy) is 1. The monoisotopic (exact) mass is 397 g/mol. The molecule has 1 aromatic heterocycles. The summed E-state index contributed by atoms with van der Waals surface area (Å²) in [6.07, 6.45) is 1.76. The summed E-state index contributed by atoms with van der Waals surface area (Å²) in [6, 6.07) is 6.54. The van der Waals surface area contributed by atoms with Gasteiger partial charge in [0.05, 0.1) is 19.4 Å². The third kappa shape index (κ3) is 4.94. The minimum absolute atomic E-state index is 0.604. The lowest BCUT2D eigenvalue weighted by Gasteiger charge is -2.37. The Bertz CT molecular complexity index is 801. The lowest BCUT2D eigenvalue weighted by Crippen LogP contribution is -2.47. The van der Waals surface area contributed by atoms with Crippen LogP contribution in [-0.2, 0) is 4.74 Å². The number of aryl methyl sites for hydroxylation is 1. The van der Waals surface area contributed by atoms with Crippen molar-refractivity contribution < 1.29 is 4.74 Å². The van der Waals surface area contributed by atoms with Gasteiger partial charge in [-0.05, 0) is 31.0 Å². The zero-order valence-electron chi connectivity index (χ0n) is 17.5. The average molecular weight is 398 g/mol. The number of benzene rings is 1. The van der Waals surface area contributed by atoms with E-state index >= 15 is 0 Å². The van der Waals surface area contributed by atoms with E-state index in [2.05, 4.69) is 67.2 Å². The predicted octanol–water partition coefficient (Wildman–Crippen LogP) is 1.56. The smallest absolute Gasteiger partial charge is 0.244 e. The number of rotatable bonds is 6. The number of aromatic nitrogens is 3. The highest BCUT2D eigenvalue weighted by molar-refractivity contribution is 5.57. The molecule has 156 valence electrons. The van der Waals surface area contributed by atoms with Gasteiger partial charge in [-0.3, -0.25) is 4.90 Å². The van der Waals surface area contributed by atoms with E-state index in [0.717, 1.165) is 71.4 Å². The van der Waals surface area contributed by atoms with Crippen molar-refractivity contribution in [3.63, 3.8) is 0 Å². The Balaban J connectivity index is 1.30. The normalized spacial score (nSPS) is 18.1. The predicted molar refractivity (Wildman–Crippen MR) is 116 cm³/mol. The first kappa shape index (κ1) is 19.8. The van der Waals surface area contributed by atoms with Gasteiger partial charge in [0, 0.05) is 58.0 Å². The highest BCUT2D eigenvalue weighted by atomic mass is 16.5. The summed E-state index contributed by atoms with van der Waals surface area (Å²) in [5.41, 5.74) is 4.06. The molecule has 0 aliphatic carbocycles. The molecule has 0 atom stereocenters. The standard InChI is InChI=1S/C21H31N7O/c1-17-4-3-5-19(18(17)2)27-8-10-28(11-9-27)20-16-23-25-21(24-20)22-6-7-26-12-14-29-15-13-26/h3-5,16H,6-15H2,1-2H3,(H,22,24,25). The van der Waals surface area contributed by atoms with E-state index in [-0.39, 0.29) is 0 Å². The van der Waals surface area contributed by atoms with Crippen LogP contribution in [0.5, 0.6) is 0 Å². The van der Waals surface area contributed by atoms with Crippen molar-refractivity contribution in [1.29, 1.82) is 0 Å². The van der Waals surface area contributed by atoms with Crippen LogP contribution in [0.25, 0.3) is 0 Å². The number of hydrogen-bond acceptors (Lipinski definition) is 8. The number of anilines is 3. The Hall–Kier alpha value is -2.45. The molecule has 2 aromatic rings. The molecule has 8 nitrogen and oxygen atoms in total. The number of piperazine rings is 1. The highest BCUT2D eigenvalue weighted by Gasteiger charge is 2.20. The maximum atomic E-state index is 5.39. The van der Waals surface area contributed by atoms with Gasteiger partial charge in [-0.2, -0.15) is 10.1 Å². The lowest BCUT2D eigenvalue weighted by atomic mass is 10.1. The van der Waals surface area contributed by atoms with Crippen LogP contribution in [0.4, 0.5) is 17.5 Å². The maximum Gasteiger partial charge on any atom is 0.244 e. The number of nitrogens with one attached hydrogen (secondary N) is 1. The van der Waals surface area contributed by atoms with E-state index in [1.807, 2.05) is 0 Å². The quantitative estimate of drug-likeness (QED) is 0.788. The molecule has 2 fully saturated rings. The van der Waals surface area contributed by atoms with Gasteiger partial charge in [0.2, 0.25) is 5.95 Å². The van der Waals surface area contributed by atoms with E-state index in [9.17, 15) is 0 Å². The molecule has 0 radical (unpaired) electrons. The first-order valence-corrected chi connectivity index (χ1v) is 10.5. The van der Waals surface area contributed by atoms with Crippen molar-refractivity contribution in [3.05, 3.63) is 35.5 Å². The van der Waals surface area contributed by atoms with Crippen molar-refractivity contribution in [2.24, 2.45) is 0 Å². The minimum Gasteiger partial charge on any atom is -0.379 e. The van der Waals surface area contributed by atoms with Gasteiger partial charge in [-0.15, -0.1) is 5.10 Å². The van der Waals surface area contributed by atoms with Gasteiger partial charge in [0.15, 0.2) is 5.82 Å². The van der Waals surface area contributed by atoms with Crippen LogP contribution in [0.15, 0.2) is 24.4 Å². The van der Waals surface area contributed by atoms with E-state index < -0.39 is 0 Å². The van der Waals surface area contributed by atoms with Crippen molar-refractivity contribution in [1.82, 2.24) is 20.1 Å². The Kier molecular flexibility index (Phi) is 6.41. The molecule has 1 aromatic carbocycles. The molecular formula is C21H31N7O. The van der Waals surface area contributed by atoms with Gasteiger partial charge in [-0.25, -0.2) is 0 Å². The Morgan fingerprint density at radius 1 is 1.00 bits per heavy atom. The summed E-state index contributed by atoms with van der Waals surface area (Å²) in [5, 5.41) is 11.6. The van der Waals surface area contributed by atoms with E-state index in [1.54, 1.807) is 6.20 Å². The number of nitrogens with zero attached hydrogens (tertiary/aromatic N) is 6. The van der Waals surface area contributed by atoms with Gasteiger partial charge >= 0.3 is 0 Å². The Labute approximate surface area is 172 Å². The molecule has 2 saturated heterocycles. The second kappa shape index (κ2) is 9.37. The SMILES string of the molecule is Cc1cccc(N2CCN(c3cnnc(NCCN4CCOCC4)n3)CC2)c1C. The van der Waals surface area contributed by atoms with Crippen LogP contribution in [0.1, 0.15) is 11.1 Å². The average Bonchev–Trinajstić information content (AvgIpc) is 2.77. The molecule has 0 spiro atoms. The number of hydrogen-bond donors (Lipinski definition) is 1. The van der Waals surface area contributed by atoms with Gasteiger partial charge in [-0.1, -0.05) is 12.1 Å². The van der Waals surface area contributed by atoms with Crippen LogP contribution >= 0.6 is 0 Å². The zero-order valence-corrected chi connectivity index (χ0v) is 17.5. The molecule has 2 aliphatic heterocycles. The summed E-state index contributed by atoms with van der Waals surface area (Å²) in [7, 11) is 0. The van der Waals surface area contributed by atoms with E-state index in [4.69, 9.17) is 4.74 Å². The summed E-state index contributed by atoms with van der Waals surface area (Å²) in [5.74, 6) is 1.50. The van der Waals surface area contributed by atoms with Crippen molar-refractivity contribution in [2.45, 2.75) is 13.8 Å². The Morgan fingerprint density at radius 2 is 1.76 bits per heavy atom. The van der Waals surface area contributed by atoms with Crippen LogP contribution in [0.2, 0.25) is 0 Å². The molecule has 0 unspecified atom stereocenters. The number of morpholine rings is 1. The molecule has 8 heteroatoms. The molecule has 4 rings (SSSR count). The summed E-state index contributed by atoms with van der Waals surface area (Å²) >= 11 is 0. The first-order chi connectivity index (χ1) is 14.2. The van der Waals surface area contributed by atoms with Gasteiger partial charge < -0.3 is 19.9 Å². The maximum absolute atomic E-state index is 5.39.